The standard InChI is InChI=1S/C14H18F2N2O2.ClH/c1-20-8-11-4-2-3-10(5-11)7-17-13(19)12-6-14(15,16)9-18-12;/h2-5,12,18H,6-9H2,1H3,(H,17,19);1H. The minimum Gasteiger partial charge on any atom is -0.380 e. The number of alkyl halides is 2. The molecule has 1 atom stereocenters. The molecule has 1 aliphatic heterocycles. The van der Waals surface area contributed by atoms with Crippen molar-refractivity contribution in [1.29, 1.82) is 0 Å². The van der Waals surface area contributed by atoms with Gasteiger partial charge in [0.25, 0.3) is 5.92 Å². The van der Waals surface area contributed by atoms with Gasteiger partial charge in [0, 0.05) is 20.1 Å². The zero-order valence-corrected chi connectivity index (χ0v) is 12.5. The number of hydrogen-bond donors (Lipinski definition) is 2. The second-order valence-corrected chi connectivity index (χ2v) is 4.96. The number of ether oxygens (including phenoxy) is 1. The second kappa shape index (κ2) is 7.68. The molecule has 0 spiro atoms. The highest BCUT2D eigenvalue weighted by atomic mass is 35.5. The summed E-state index contributed by atoms with van der Waals surface area (Å²) >= 11 is 0. The van der Waals surface area contributed by atoms with Crippen LogP contribution in [0.3, 0.4) is 0 Å². The molecular formula is C14H19ClF2N2O2. The molecule has 1 amide bonds. The maximum absolute atomic E-state index is 13.0. The summed E-state index contributed by atoms with van der Waals surface area (Å²) in [5.74, 6) is -3.18. The van der Waals surface area contributed by atoms with E-state index < -0.39 is 24.9 Å². The van der Waals surface area contributed by atoms with Crippen LogP contribution in [0.2, 0.25) is 0 Å². The first kappa shape index (κ1) is 17.8. The Labute approximate surface area is 128 Å². The number of carbonyl (C=O) groups excluding carboxylic acids is 1. The first-order valence-corrected chi connectivity index (χ1v) is 6.46. The van der Waals surface area contributed by atoms with Gasteiger partial charge in [-0.1, -0.05) is 24.3 Å². The summed E-state index contributed by atoms with van der Waals surface area (Å²) in [6.45, 7) is 0.382. The number of hydrogen-bond acceptors (Lipinski definition) is 3. The molecule has 118 valence electrons. The lowest BCUT2D eigenvalue weighted by Gasteiger charge is -2.11. The lowest BCUT2D eigenvalue weighted by Crippen LogP contribution is -2.40. The third-order valence-corrected chi connectivity index (χ3v) is 3.20. The zero-order valence-electron chi connectivity index (χ0n) is 11.7. The largest absolute Gasteiger partial charge is 0.380 e. The van der Waals surface area contributed by atoms with Crippen LogP contribution < -0.4 is 10.6 Å². The van der Waals surface area contributed by atoms with E-state index in [-0.39, 0.29) is 18.3 Å². The first-order valence-electron chi connectivity index (χ1n) is 6.46. The monoisotopic (exact) mass is 320 g/mol. The molecule has 0 bridgehead atoms. The molecule has 0 radical (unpaired) electrons. The average molecular weight is 321 g/mol. The second-order valence-electron chi connectivity index (χ2n) is 4.96. The first-order chi connectivity index (χ1) is 9.50. The average Bonchev–Trinajstić information content (AvgIpc) is 2.77. The molecule has 0 aromatic heterocycles. The van der Waals surface area contributed by atoms with E-state index >= 15 is 0 Å². The van der Waals surface area contributed by atoms with Crippen LogP contribution in [0, 0.1) is 0 Å². The molecule has 0 saturated carbocycles. The summed E-state index contributed by atoms with van der Waals surface area (Å²) in [6, 6.07) is 6.77. The number of carbonyl (C=O) groups is 1. The van der Waals surface area contributed by atoms with Crippen LogP contribution in [0.25, 0.3) is 0 Å². The SMILES string of the molecule is COCc1cccc(CNC(=O)C2CC(F)(F)CN2)c1.Cl. The maximum Gasteiger partial charge on any atom is 0.262 e. The quantitative estimate of drug-likeness (QED) is 0.871. The predicted molar refractivity (Wildman–Crippen MR) is 77.6 cm³/mol. The molecule has 1 aliphatic rings. The summed E-state index contributed by atoms with van der Waals surface area (Å²) in [7, 11) is 1.61. The Balaban J connectivity index is 0.00000220. The number of benzene rings is 1. The highest BCUT2D eigenvalue weighted by Gasteiger charge is 2.42. The third kappa shape index (κ3) is 5.22. The van der Waals surface area contributed by atoms with Gasteiger partial charge in [-0.25, -0.2) is 8.78 Å². The maximum atomic E-state index is 13.0. The molecule has 1 heterocycles. The van der Waals surface area contributed by atoms with E-state index in [1.807, 2.05) is 24.3 Å². The summed E-state index contributed by atoms with van der Waals surface area (Å²) in [6.07, 6.45) is -0.442. The van der Waals surface area contributed by atoms with Crippen molar-refractivity contribution in [3.05, 3.63) is 35.4 Å². The van der Waals surface area contributed by atoms with E-state index in [9.17, 15) is 13.6 Å². The molecule has 21 heavy (non-hydrogen) atoms. The highest BCUT2D eigenvalue weighted by molar-refractivity contribution is 5.85. The van der Waals surface area contributed by atoms with E-state index in [1.54, 1.807) is 7.11 Å². The van der Waals surface area contributed by atoms with Crippen LogP contribution in [-0.4, -0.2) is 31.5 Å². The van der Waals surface area contributed by atoms with Gasteiger partial charge >= 0.3 is 0 Å². The molecule has 2 N–H and O–H groups in total. The summed E-state index contributed by atoms with van der Waals surface area (Å²) in [4.78, 5) is 11.8. The van der Waals surface area contributed by atoms with Crippen LogP contribution in [0.15, 0.2) is 24.3 Å². The lowest BCUT2D eigenvalue weighted by atomic mass is 10.1. The van der Waals surface area contributed by atoms with Crippen LogP contribution in [0.4, 0.5) is 8.78 Å². The summed E-state index contributed by atoms with van der Waals surface area (Å²) in [5.41, 5.74) is 1.92. The Kier molecular flexibility index (Phi) is 6.51. The number of halogens is 3. The van der Waals surface area contributed by atoms with E-state index in [1.165, 1.54) is 0 Å². The van der Waals surface area contributed by atoms with Crippen molar-refractivity contribution in [1.82, 2.24) is 10.6 Å². The van der Waals surface area contributed by atoms with Gasteiger partial charge in [0.1, 0.15) is 0 Å². The van der Waals surface area contributed by atoms with Gasteiger partial charge in [0.05, 0.1) is 19.2 Å². The Hall–Kier alpha value is -1.24. The Morgan fingerprint density at radius 2 is 2.19 bits per heavy atom. The topological polar surface area (TPSA) is 50.4 Å². The fraction of sp³-hybridized carbons (Fsp3) is 0.500. The van der Waals surface area contributed by atoms with Crippen molar-refractivity contribution in [2.24, 2.45) is 0 Å². The molecule has 1 aromatic carbocycles. The Bertz CT molecular complexity index is 486. The normalized spacial score (nSPS) is 19.9. The van der Waals surface area contributed by atoms with Crippen LogP contribution in [-0.2, 0) is 22.7 Å². The van der Waals surface area contributed by atoms with Crippen molar-refractivity contribution >= 4 is 18.3 Å². The molecule has 2 rings (SSSR count). The molecule has 1 saturated heterocycles. The van der Waals surface area contributed by atoms with Crippen molar-refractivity contribution in [2.75, 3.05) is 13.7 Å². The number of rotatable bonds is 5. The molecule has 1 fully saturated rings. The predicted octanol–water partition coefficient (Wildman–Crippen LogP) is 1.87. The fourth-order valence-electron chi connectivity index (χ4n) is 2.21. The van der Waals surface area contributed by atoms with Crippen molar-refractivity contribution in [3.63, 3.8) is 0 Å². The molecule has 1 unspecified atom stereocenters. The number of nitrogens with one attached hydrogen (secondary N) is 2. The molecule has 7 heteroatoms. The molecule has 1 aromatic rings. The van der Waals surface area contributed by atoms with Gasteiger partial charge in [-0.05, 0) is 11.1 Å². The smallest absolute Gasteiger partial charge is 0.262 e. The minimum absolute atomic E-state index is 0. The van der Waals surface area contributed by atoms with Crippen LogP contribution in [0.1, 0.15) is 17.5 Å². The van der Waals surface area contributed by atoms with Gasteiger partial charge in [-0.3, -0.25) is 10.1 Å². The van der Waals surface area contributed by atoms with Crippen molar-refractivity contribution < 1.29 is 18.3 Å². The van der Waals surface area contributed by atoms with Crippen molar-refractivity contribution in [2.45, 2.75) is 31.5 Å². The van der Waals surface area contributed by atoms with Crippen LogP contribution in [0.5, 0.6) is 0 Å². The molecule has 4 nitrogen and oxygen atoms in total. The molecular weight excluding hydrogens is 302 g/mol. The molecule has 0 aliphatic carbocycles. The van der Waals surface area contributed by atoms with E-state index in [2.05, 4.69) is 10.6 Å². The van der Waals surface area contributed by atoms with Gasteiger partial charge < -0.3 is 10.1 Å². The zero-order chi connectivity index (χ0) is 14.6. The van der Waals surface area contributed by atoms with Crippen molar-refractivity contribution in [3.8, 4) is 0 Å². The highest BCUT2D eigenvalue weighted by Crippen LogP contribution is 2.25. The van der Waals surface area contributed by atoms with E-state index in [4.69, 9.17) is 4.74 Å². The summed E-state index contributed by atoms with van der Waals surface area (Å²) in [5, 5.41) is 5.20. The van der Waals surface area contributed by atoms with Gasteiger partial charge in [-0.15, -0.1) is 12.4 Å². The fourth-order valence-corrected chi connectivity index (χ4v) is 2.21. The number of methoxy groups -OCH3 is 1. The Morgan fingerprint density at radius 3 is 2.81 bits per heavy atom. The van der Waals surface area contributed by atoms with E-state index in [0.29, 0.717) is 13.2 Å². The van der Waals surface area contributed by atoms with Gasteiger partial charge in [0.2, 0.25) is 5.91 Å². The lowest BCUT2D eigenvalue weighted by molar-refractivity contribution is -0.123. The third-order valence-electron chi connectivity index (χ3n) is 3.20. The van der Waals surface area contributed by atoms with Crippen LogP contribution >= 0.6 is 12.4 Å². The van der Waals surface area contributed by atoms with Gasteiger partial charge in [-0.2, -0.15) is 0 Å². The Morgan fingerprint density at radius 1 is 1.48 bits per heavy atom. The summed E-state index contributed by atoms with van der Waals surface area (Å²) < 4.78 is 31.0. The number of amides is 1. The minimum atomic E-state index is -2.79. The van der Waals surface area contributed by atoms with Gasteiger partial charge in [0.15, 0.2) is 0 Å². The van der Waals surface area contributed by atoms with E-state index in [0.717, 1.165) is 11.1 Å².